The van der Waals surface area contributed by atoms with Gasteiger partial charge in [-0.25, -0.2) is 8.78 Å². The van der Waals surface area contributed by atoms with Gasteiger partial charge < -0.3 is 8.72 Å². The third-order valence-electron chi connectivity index (χ3n) is 5.91. The minimum atomic E-state index is -2.82. The van der Waals surface area contributed by atoms with Crippen LogP contribution in [0.15, 0.2) is 59.0 Å². The lowest BCUT2D eigenvalue weighted by Gasteiger charge is -2.34. The first-order valence-corrected chi connectivity index (χ1v) is 13.3. The van der Waals surface area contributed by atoms with Crippen LogP contribution in [-0.2, 0) is 6.54 Å². The van der Waals surface area contributed by atoms with Crippen LogP contribution in [0.2, 0.25) is 0 Å². The van der Waals surface area contributed by atoms with Crippen LogP contribution in [0.5, 0.6) is 0 Å². The van der Waals surface area contributed by atoms with Gasteiger partial charge in [0, 0.05) is 30.0 Å². The lowest BCUT2D eigenvalue weighted by molar-refractivity contribution is 0.0123. The third-order valence-corrected chi connectivity index (χ3v) is 8.24. The van der Waals surface area contributed by atoms with Crippen LogP contribution in [0.4, 0.5) is 23.2 Å². The van der Waals surface area contributed by atoms with Crippen molar-refractivity contribution in [2.24, 2.45) is 0 Å². The molecule has 0 atom stereocenters. The zero-order valence-corrected chi connectivity index (χ0v) is 20.1. The molecule has 188 valence electrons. The molecule has 0 aliphatic carbocycles. The van der Waals surface area contributed by atoms with E-state index in [1.807, 2.05) is 42.5 Å². The van der Waals surface area contributed by atoms with Crippen molar-refractivity contribution in [3.8, 4) is 11.5 Å². The molecular weight excluding hydrogens is 480 g/mol. The third kappa shape index (κ3) is 6.43. The Morgan fingerprint density at radius 1 is 1.06 bits per heavy atom. The number of halogens is 4. The number of rotatable bonds is 10. The average Bonchev–Trinajstić information content (AvgIpc) is 3.45. The smallest absolute Gasteiger partial charge is 0.314 e. The maximum Gasteiger partial charge on any atom is 0.314 e. The predicted octanol–water partition coefficient (Wildman–Crippen LogP) is 6.00. The Morgan fingerprint density at radius 3 is 2.37 bits per heavy atom. The van der Waals surface area contributed by atoms with E-state index in [4.69, 9.17) is 4.42 Å². The van der Waals surface area contributed by atoms with Crippen molar-refractivity contribution >= 4 is 26.8 Å². The largest absolute Gasteiger partial charge is 0.415 e. The first kappa shape index (κ1) is 25.2. The lowest BCUT2D eigenvalue weighted by Crippen LogP contribution is -2.27. The Bertz CT molecular complexity index is 1210. The normalized spacial score (nSPS) is 16.1. The minimum Gasteiger partial charge on any atom is -0.415 e. The standard InChI is InChI=1S/C25H28F4N4OS/c1-35(2,16-6-14-32-15-13-25(28,29)18-32)33(21-7-4-3-5-8-21)17-19-9-11-20(12-10-19)23-30-31-24(34-23)22(26)27/h3-5,7-12,22H,1-2,6,13-18H2. The van der Waals surface area contributed by atoms with Crippen LogP contribution >= 0.6 is 9.39 Å². The van der Waals surface area contributed by atoms with E-state index in [2.05, 4.69) is 26.2 Å². The first-order chi connectivity index (χ1) is 16.6. The summed E-state index contributed by atoms with van der Waals surface area (Å²) in [6.07, 6.45) is -2.18. The van der Waals surface area contributed by atoms with E-state index < -0.39 is 27.6 Å². The van der Waals surface area contributed by atoms with Crippen molar-refractivity contribution in [2.45, 2.75) is 31.7 Å². The minimum absolute atomic E-state index is 0.0357. The number of likely N-dealkylation sites (tertiary alicyclic amines) is 1. The van der Waals surface area contributed by atoms with Gasteiger partial charge >= 0.3 is 6.43 Å². The second-order valence-corrected chi connectivity index (χ2v) is 11.6. The highest BCUT2D eigenvalue weighted by molar-refractivity contribution is 8.28. The summed E-state index contributed by atoms with van der Waals surface area (Å²) in [7, 11) is -1.77. The summed E-state index contributed by atoms with van der Waals surface area (Å²) in [6, 6.07) is 17.1. The molecule has 0 bridgehead atoms. The molecule has 5 nitrogen and oxygen atoms in total. The summed E-state index contributed by atoms with van der Waals surface area (Å²) >= 11 is 0. The molecule has 0 unspecified atom stereocenters. The van der Waals surface area contributed by atoms with Crippen molar-refractivity contribution in [1.29, 1.82) is 0 Å². The average molecular weight is 509 g/mol. The number of aromatic nitrogens is 2. The van der Waals surface area contributed by atoms with Gasteiger partial charge in [0.05, 0.1) is 13.1 Å². The van der Waals surface area contributed by atoms with Gasteiger partial charge in [-0.3, -0.25) is 4.90 Å². The highest BCUT2D eigenvalue weighted by atomic mass is 32.2. The molecule has 0 saturated carbocycles. The summed E-state index contributed by atoms with van der Waals surface area (Å²) in [5, 5.41) is 7.05. The quantitative estimate of drug-likeness (QED) is 0.249. The van der Waals surface area contributed by atoms with E-state index in [0.717, 1.165) is 17.7 Å². The van der Waals surface area contributed by atoms with E-state index in [9.17, 15) is 17.6 Å². The molecule has 1 aliphatic heterocycles. The molecule has 2 heterocycles. The van der Waals surface area contributed by atoms with Gasteiger partial charge in [-0.05, 0) is 42.8 Å². The number of hydrogen-bond acceptors (Lipinski definition) is 5. The maximum atomic E-state index is 13.5. The highest BCUT2D eigenvalue weighted by Gasteiger charge is 2.37. The van der Waals surface area contributed by atoms with Gasteiger partial charge in [-0.15, -0.1) is 19.6 Å². The lowest BCUT2D eigenvalue weighted by atomic mass is 10.1. The van der Waals surface area contributed by atoms with Crippen molar-refractivity contribution in [2.75, 3.05) is 29.7 Å². The molecule has 10 heteroatoms. The fraction of sp³-hybridized carbons (Fsp3) is 0.360. The SMILES string of the molecule is C=S(=C)(CCCN1CCC(F)(F)C1)N(Cc1ccc(-c2nnc(C(F)F)o2)cc1)c1ccccc1. The highest BCUT2D eigenvalue weighted by Crippen LogP contribution is 2.35. The topological polar surface area (TPSA) is 45.4 Å². The van der Waals surface area contributed by atoms with Gasteiger partial charge in [0.1, 0.15) is 0 Å². The van der Waals surface area contributed by atoms with E-state index in [1.54, 1.807) is 17.0 Å². The summed E-state index contributed by atoms with van der Waals surface area (Å²) in [4.78, 5) is 1.80. The molecule has 4 rings (SSSR count). The molecule has 35 heavy (non-hydrogen) atoms. The van der Waals surface area contributed by atoms with Crippen LogP contribution in [0.3, 0.4) is 0 Å². The molecular formula is C25H28F4N4OS. The van der Waals surface area contributed by atoms with E-state index in [0.29, 0.717) is 31.0 Å². The number of benzene rings is 2. The number of alkyl halides is 4. The van der Waals surface area contributed by atoms with Crippen LogP contribution in [0.1, 0.15) is 30.7 Å². The Morgan fingerprint density at radius 2 is 1.77 bits per heavy atom. The second-order valence-electron chi connectivity index (χ2n) is 8.75. The Kier molecular flexibility index (Phi) is 7.51. The summed E-state index contributed by atoms with van der Waals surface area (Å²) in [5.41, 5.74) is 2.49. The fourth-order valence-electron chi connectivity index (χ4n) is 4.07. The van der Waals surface area contributed by atoms with Crippen molar-refractivity contribution < 1.29 is 22.0 Å². The predicted molar refractivity (Wildman–Crippen MR) is 135 cm³/mol. The molecule has 2 aromatic carbocycles. The molecule has 0 spiro atoms. The van der Waals surface area contributed by atoms with Crippen molar-refractivity contribution in [1.82, 2.24) is 15.1 Å². The van der Waals surface area contributed by atoms with Gasteiger partial charge in [0.25, 0.3) is 11.8 Å². The Hall–Kier alpha value is -2.85. The van der Waals surface area contributed by atoms with Crippen LogP contribution in [-0.4, -0.2) is 58.1 Å². The number of nitrogens with zero attached hydrogens (tertiary/aromatic N) is 4. The summed E-state index contributed by atoms with van der Waals surface area (Å²) < 4.78 is 59.7. The maximum absolute atomic E-state index is 13.5. The molecule has 1 aliphatic rings. The number of hydrogen-bond donors (Lipinski definition) is 0. The molecule has 0 N–H and O–H groups in total. The zero-order chi connectivity index (χ0) is 25.1. The van der Waals surface area contributed by atoms with E-state index in [1.165, 1.54) is 0 Å². The van der Waals surface area contributed by atoms with Crippen molar-refractivity contribution in [3.63, 3.8) is 0 Å². The fourth-order valence-corrected chi connectivity index (χ4v) is 5.95. The Labute approximate surface area is 203 Å². The van der Waals surface area contributed by atoms with Gasteiger partial charge in [0.15, 0.2) is 0 Å². The zero-order valence-electron chi connectivity index (χ0n) is 19.3. The van der Waals surface area contributed by atoms with Crippen molar-refractivity contribution in [3.05, 3.63) is 66.1 Å². The molecule has 0 amide bonds. The molecule has 0 radical (unpaired) electrons. The van der Waals surface area contributed by atoms with Crippen LogP contribution in [0, 0.1) is 0 Å². The Balaban J connectivity index is 1.46. The van der Waals surface area contributed by atoms with Gasteiger partial charge in [0.2, 0.25) is 5.89 Å². The second kappa shape index (κ2) is 10.4. The molecule has 1 fully saturated rings. The first-order valence-electron chi connectivity index (χ1n) is 11.2. The summed E-state index contributed by atoms with van der Waals surface area (Å²) in [5.74, 6) is 6.32. The van der Waals surface area contributed by atoms with Crippen LogP contribution < -0.4 is 4.31 Å². The van der Waals surface area contributed by atoms with E-state index in [-0.39, 0.29) is 18.9 Å². The molecule has 3 aromatic rings. The number of para-hydroxylation sites is 1. The van der Waals surface area contributed by atoms with Crippen LogP contribution in [0.25, 0.3) is 11.5 Å². The molecule has 1 aromatic heterocycles. The summed E-state index contributed by atoms with van der Waals surface area (Å²) in [6.45, 7) is 1.35. The van der Waals surface area contributed by atoms with Gasteiger partial charge in [-0.1, -0.05) is 42.1 Å². The monoisotopic (exact) mass is 508 g/mol. The van der Waals surface area contributed by atoms with E-state index >= 15 is 0 Å². The van der Waals surface area contributed by atoms with Gasteiger partial charge in [-0.2, -0.15) is 8.78 Å². The number of anilines is 1. The molecule has 1 saturated heterocycles.